The molecule has 20 heavy (non-hydrogen) atoms. The molecule has 0 fully saturated rings. The van der Waals surface area contributed by atoms with Crippen molar-refractivity contribution >= 4 is 17.7 Å². The largest absolute Gasteiger partial charge is 0.463 e. The lowest BCUT2D eigenvalue weighted by atomic mass is 10.2. The normalized spacial score (nSPS) is 10.7. The first-order valence-electron chi connectivity index (χ1n) is 6.21. The smallest absolute Gasteiger partial charge is 0.330 e. The highest BCUT2D eigenvalue weighted by atomic mass is 16.6. The number of esters is 1. The molecule has 6 nitrogen and oxygen atoms in total. The fourth-order valence-corrected chi connectivity index (χ4v) is 1.48. The van der Waals surface area contributed by atoms with Crippen molar-refractivity contribution in [3.05, 3.63) is 46.0 Å². The van der Waals surface area contributed by atoms with Gasteiger partial charge in [-0.3, -0.25) is 10.1 Å². The van der Waals surface area contributed by atoms with E-state index in [1.54, 1.807) is 19.2 Å². The number of carbonyl (C=O) groups is 1. The van der Waals surface area contributed by atoms with Crippen LogP contribution in [0.2, 0.25) is 0 Å². The molecule has 0 saturated carbocycles. The third-order valence-corrected chi connectivity index (χ3v) is 2.48. The molecule has 0 aliphatic heterocycles. The van der Waals surface area contributed by atoms with E-state index in [4.69, 9.17) is 9.47 Å². The zero-order valence-corrected chi connectivity index (χ0v) is 11.3. The summed E-state index contributed by atoms with van der Waals surface area (Å²) in [6.45, 7) is 0.975. The van der Waals surface area contributed by atoms with Crippen molar-refractivity contribution in [2.45, 2.75) is 12.8 Å². The van der Waals surface area contributed by atoms with Crippen molar-refractivity contribution in [3.63, 3.8) is 0 Å². The van der Waals surface area contributed by atoms with E-state index in [2.05, 4.69) is 0 Å². The lowest BCUT2D eigenvalue weighted by Crippen LogP contribution is -2.03. The molecule has 0 aliphatic carbocycles. The predicted molar refractivity (Wildman–Crippen MR) is 74.2 cm³/mol. The van der Waals surface area contributed by atoms with Gasteiger partial charge in [-0.15, -0.1) is 0 Å². The number of hydrogen-bond acceptors (Lipinski definition) is 5. The average molecular weight is 279 g/mol. The molecule has 0 amide bonds. The van der Waals surface area contributed by atoms with Crippen molar-refractivity contribution in [3.8, 4) is 0 Å². The third kappa shape index (κ3) is 6.10. The van der Waals surface area contributed by atoms with Gasteiger partial charge in [0.15, 0.2) is 0 Å². The van der Waals surface area contributed by atoms with Crippen LogP contribution < -0.4 is 0 Å². The van der Waals surface area contributed by atoms with Crippen molar-refractivity contribution in [2.75, 3.05) is 20.3 Å². The second-order valence-corrected chi connectivity index (χ2v) is 4.05. The van der Waals surface area contributed by atoms with Crippen molar-refractivity contribution < 1.29 is 19.2 Å². The van der Waals surface area contributed by atoms with Crippen LogP contribution in [0.3, 0.4) is 0 Å². The molecule has 0 heterocycles. The number of benzene rings is 1. The van der Waals surface area contributed by atoms with Gasteiger partial charge in [-0.1, -0.05) is 12.1 Å². The third-order valence-electron chi connectivity index (χ3n) is 2.48. The Morgan fingerprint density at radius 1 is 1.35 bits per heavy atom. The first kappa shape index (κ1) is 15.8. The van der Waals surface area contributed by atoms with Crippen LogP contribution in [0, 0.1) is 10.1 Å². The Labute approximate surface area is 117 Å². The van der Waals surface area contributed by atoms with E-state index in [-0.39, 0.29) is 5.69 Å². The minimum Gasteiger partial charge on any atom is -0.463 e. The standard InChI is InChI=1S/C14H17NO5/c1-19-9-2-3-10-20-14(16)8-7-12-5-4-6-13(11-12)15(17)18/h4-8,11H,2-3,9-10H2,1H3/b8-7+. The van der Waals surface area contributed by atoms with Gasteiger partial charge in [0.2, 0.25) is 0 Å². The van der Waals surface area contributed by atoms with Crippen LogP contribution in [-0.4, -0.2) is 31.2 Å². The number of carbonyl (C=O) groups excluding carboxylic acids is 1. The van der Waals surface area contributed by atoms with Crippen LogP contribution in [0.1, 0.15) is 18.4 Å². The number of non-ortho nitro benzene ring substituents is 1. The molecule has 0 aliphatic rings. The molecule has 1 aromatic rings. The van der Waals surface area contributed by atoms with E-state index >= 15 is 0 Å². The first-order valence-corrected chi connectivity index (χ1v) is 6.21. The molecule has 108 valence electrons. The van der Waals surface area contributed by atoms with Gasteiger partial charge in [-0.05, 0) is 24.5 Å². The van der Waals surface area contributed by atoms with Crippen LogP contribution in [0.4, 0.5) is 5.69 Å². The Hall–Kier alpha value is -2.21. The predicted octanol–water partition coefficient (Wildman–Crippen LogP) is 2.58. The summed E-state index contributed by atoms with van der Waals surface area (Å²) in [4.78, 5) is 21.5. The van der Waals surface area contributed by atoms with Crippen LogP contribution in [0.25, 0.3) is 6.08 Å². The Morgan fingerprint density at radius 3 is 2.80 bits per heavy atom. The quantitative estimate of drug-likeness (QED) is 0.240. The maximum absolute atomic E-state index is 11.4. The molecule has 0 aromatic heterocycles. The Balaban J connectivity index is 2.41. The van der Waals surface area contributed by atoms with Gasteiger partial charge in [0.05, 0.1) is 11.5 Å². The summed E-state index contributed by atoms with van der Waals surface area (Å²) >= 11 is 0. The summed E-state index contributed by atoms with van der Waals surface area (Å²) in [5.74, 6) is -0.464. The van der Waals surface area contributed by atoms with Crippen LogP contribution in [-0.2, 0) is 14.3 Å². The van der Waals surface area contributed by atoms with Crippen LogP contribution in [0.5, 0.6) is 0 Å². The van der Waals surface area contributed by atoms with Crippen molar-refractivity contribution in [1.29, 1.82) is 0 Å². The summed E-state index contributed by atoms with van der Waals surface area (Å²) in [5.41, 5.74) is 0.565. The lowest BCUT2D eigenvalue weighted by molar-refractivity contribution is -0.384. The molecule has 1 rings (SSSR count). The van der Waals surface area contributed by atoms with Gasteiger partial charge in [-0.25, -0.2) is 4.79 Å². The number of methoxy groups -OCH3 is 1. The van der Waals surface area contributed by atoms with E-state index < -0.39 is 10.9 Å². The SMILES string of the molecule is COCCCCOC(=O)/C=C/c1cccc([N+](=O)[O-])c1. The van der Waals surface area contributed by atoms with Gasteiger partial charge < -0.3 is 9.47 Å². The first-order chi connectivity index (χ1) is 9.63. The van der Waals surface area contributed by atoms with Crippen LogP contribution >= 0.6 is 0 Å². The van der Waals surface area contributed by atoms with Gasteiger partial charge in [-0.2, -0.15) is 0 Å². The second-order valence-electron chi connectivity index (χ2n) is 4.05. The van der Waals surface area contributed by atoms with E-state index in [0.717, 1.165) is 12.8 Å². The van der Waals surface area contributed by atoms with Gasteiger partial charge in [0, 0.05) is 31.9 Å². The summed E-state index contributed by atoms with van der Waals surface area (Å²) in [5, 5.41) is 10.6. The van der Waals surface area contributed by atoms with E-state index in [1.165, 1.54) is 24.3 Å². The molecule has 0 bridgehead atoms. The molecule has 0 spiro atoms. The zero-order valence-electron chi connectivity index (χ0n) is 11.3. The number of nitro benzene ring substituents is 1. The number of nitro groups is 1. The Bertz CT molecular complexity index is 484. The Morgan fingerprint density at radius 2 is 2.10 bits per heavy atom. The molecule has 0 saturated heterocycles. The summed E-state index contributed by atoms with van der Waals surface area (Å²) < 4.78 is 9.85. The lowest BCUT2D eigenvalue weighted by Gasteiger charge is -2.01. The number of nitrogens with zero attached hydrogens (tertiary/aromatic N) is 1. The molecule has 0 unspecified atom stereocenters. The molecule has 0 radical (unpaired) electrons. The number of rotatable bonds is 8. The molecule has 0 N–H and O–H groups in total. The highest BCUT2D eigenvalue weighted by Gasteiger charge is 2.04. The molecular weight excluding hydrogens is 262 g/mol. The fourth-order valence-electron chi connectivity index (χ4n) is 1.48. The van der Waals surface area contributed by atoms with Crippen molar-refractivity contribution in [1.82, 2.24) is 0 Å². The van der Waals surface area contributed by atoms with Crippen LogP contribution in [0.15, 0.2) is 30.3 Å². The maximum Gasteiger partial charge on any atom is 0.330 e. The second kappa shape index (κ2) is 8.82. The Kier molecular flexibility index (Phi) is 6.99. The summed E-state index contributed by atoms with van der Waals surface area (Å²) in [6, 6.07) is 6.02. The summed E-state index contributed by atoms with van der Waals surface area (Å²) in [7, 11) is 1.62. The average Bonchev–Trinajstić information content (AvgIpc) is 2.45. The number of unbranched alkanes of at least 4 members (excludes halogenated alkanes) is 1. The molecule has 0 atom stereocenters. The maximum atomic E-state index is 11.4. The van der Waals surface area contributed by atoms with E-state index in [1.807, 2.05) is 0 Å². The van der Waals surface area contributed by atoms with Gasteiger partial charge in [0.1, 0.15) is 0 Å². The number of ether oxygens (including phenoxy) is 2. The molecule has 1 aromatic carbocycles. The van der Waals surface area contributed by atoms with E-state index in [0.29, 0.717) is 18.8 Å². The van der Waals surface area contributed by atoms with Gasteiger partial charge >= 0.3 is 5.97 Å². The zero-order chi connectivity index (χ0) is 14.8. The highest BCUT2D eigenvalue weighted by molar-refractivity contribution is 5.87. The topological polar surface area (TPSA) is 78.7 Å². The fraction of sp³-hybridized carbons (Fsp3) is 0.357. The molecule has 6 heteroatoms. The number of hydrogen-bond donors (Lipinski definition) is 0. The van der Waals surface area contributed by atoms with Gasteiger partial charge in [0.25, 0.3) is 5.69 Å². The summed E-state index contributed by atoms with van der Waals surface area (Å²) in [6.07, 6.45) is 4.32. The van der Waals surface area contributed by atoms with E-state index in [9.17, 15) is 14.9 Å². The minimum absolute atomic E-state index is 0.0138. The highest BCUT2D eigenvalue weighted by Crippen LogP contribution is 2.14. The minimum atomic E-state index is -0.481. The molecular formula is C14H17NO5. The monoisotopic (exact) mass is 279 g/mol. The van der Waals surface area contributed by atoms with Crippen molar-refractivity contribution in [2.24, 2.45) is 0 Å².